The van der Waals surface area contributed by atoms with Crippen LogP contribution in [0.3, 0.4) is 0 Å². The first kappa shape index (κ1) is 12.7. The standard InChI is InChI=1S/C12H19NO/c1-5-12(9-13(4)10-14)8-6-7-11(2)3/h5-6,8,10H,2,7,9H2,1,3-4H3/b8-6?,12-5+. The summed E-state index contributed by atoms with van der Waals surface area (Å²) >= 11 is 0. The van der Waals surface area contributed by atoms with E-state index < -0.39 is 0 Å². The third kappa shape index (κ3) is 6.23. The minimum Gasteiger partial charge on any atom is -0.344 e. The summed E-state index contributed by atoms with van der Waals surface area (Å²) in [6.07, 6.45) is 7.83. The smallest absolute Gasteiger partial charge is 0.209 e. The van der Waals surface area contributed by atoms with E-state index in [9.17, 15) is 4.79 Å². The molecular weight excluding hydrogens is 174 g/mol. The van der Waals surface area contributed by atoms with Crippen molar-refractivity contribution >= 4 is 6.41 Å². The number of likely N-dealkylation sites (N-methyl/N-ethyl adjacent to an activating group) is 1. The predicted octanol–water partition coefficient (Wildman–Crippen LogP) is 2.54. The molecule has 0 heterocycles. The molecule has 0 aromatic carbocycles. The van der Waals surface area contributed by atoms with Gasteiger partial charge in [-0.05, 0) is 25.8 Å². The molecule has 0 aromatic heterocycles. The number of rotatable bonds is 6. The summed E-state index contributed by atoms with van der Waals surface area (Å²) in [4.78, 5) is 12.0. The Balaban J connectivity index is 4.10. The number of amides is 1. The summed E-state index contributed by atoms with van der Waals surface area (Å²) in [5.74, 6) is 0. The fourth-order valence-corrected chi connectivity index (χ4v) is 0.977. The van der Waals surface area contributed by atoms with Crippen LogP contribution >= 0.6 is 0 Å². The average molecular weight is 193 g/mol. The molecular formula is C12H19NO. The molecule has 0 aliphatic carbocycles. The number of hydrogen-bond acceptors (Lipinski definition) is 1. The van der Waals surface area contributed by atoms with E-state index in [1.807, 2.05) is 26.0 Å². The topological polar surface area (TPSA) is 20.3 Å². The van der Waals surface area contributed by atoms with Crippen LogP contribution in [0.4, 0.5) is 0 Å². The third-order valence-corrected chi connectivity index (χ3v) is 1.78. The van der Waals surface area contributed by atoms with Crippen molar-refractivity contribution in [3.8, 4) is 0 Å². The molecule has 0 radical (unpaired) electrons. The first-order valence-corrected chi connectivity index (χ1v) is 4.71. The molecule has 0 rings (SSSR count). The molecule has 1 amide bonds. The second-order valence-electron chi connectivity index (χ2n) is 3.45. The van der Waals surface area contributed by atoms with E-state index >= 15 is 0 Å². The van der Waals surface area contributed by atoms with E-state index in [1.54, 1.807) is 11.9 Å². The highest BCUT2D eigenvalue weighted by Gasteiger charge is 1.95. The van der Waals surface area contributed by atoms with Crippen LogP contribution in [-0.4, -0.2) is 24.9 Å². The third-order valence-electron chi connectivity index (χ3n) is 1.78. The Morgan fingerprint density at radius 2 is 2.14 bits per heavy atom. The molecule has 0 N–H and O–H groups in total. The van der Waals surface area contributed by atoms with Gasteiger partial charge < -0.3 is 4.90 Å². The van der Waals surface area contributed by atoms with E-state index in [1.165, 1.54) is 0 Å². The molecule has 2 nitrogen and oxygen atoms in total. The SMILES string of the molecule is C=C(C)CC=C/C(=C\C)CN(C)C=O. The van der Waals surface area contributed by atoms with Crippen molar-refractivity contribution in [3.05, 3.63) is 36.0 Å². The highest BCUT2D eigenvalue weighted by Crippen LogP contribution is 2.02. The maximum atomic E-state index is 10.4. The average Bonchev–Trinajstić information content (AvgIpc) is 2.15. The van der Waals surface area contributed by atoms with E-state index in [0.717, 1.165) is 24.0 Å². The maximum absolute atomic E-state index is 10.4. The molecule has 0 atom stereocenters. The van der Waals surface area contributed by atoms with Gasteiger partial charge in [-0.25, -0.2) is 0 Å². The lowest BCUT2D eigenvalue weighted by Gasteiger charge is -2.10. The van der Waals surface area contributed by atoms with Crippen molar-refractivity contribution in [2.75, 3.05) is 13.6 Å². The highest BCUT2D eigenvalue weighted by atomic mass is 16.1. The molecule has 14 heavy (non-hydrogen) atoms. The van der Waals surface area contributed by atoms with Gasteiger partial charge in [0.05, 0.1) is 0 Å². The van der Waals surface area contributed by atoms with Crippen molar-refractivity contribution in [3.63, 3.8) is 0 Å². The Bertz CT molecular complexity index is 251. The van der Waals surface area contributed by atoms with Crippen LogP contribution in [0.1, 0.15) is 20.3 Å². The van der Waals surface area contributed by atoms with Crippen LogP contribution in [0.2, 0.25) is 0 Å². The first-order chi connectivity index (χ1) is 6.60. The van der Waals surface area contributed by atoms with Gasteiger partial charge in [0, 0.05) is 13.6 Å². The molecule has 0 aromatic rings. The molecule has 0 aliphatic rings. The Morgan fingerprint density at radius 1 is 1.50 bits per heavy atom. The minimum absolute atomic E-state index is 0.659. The summed E-state index contributed by atoms with van der Waals surface area (Å²) in [5.41, 5.74) is 2.28. The van der Waals surface area contributed by atoms with Gasteiger partial charge in [-0.2, -0.15) is 0 Å². The largest absolute Gasteiger partial charge is 0.344 e. The molecule has 0 saturated heterocycles. The predicted molar refractivity (Wildman–Crippen MR) is 61.0 cm³/mol. The Kier molecular flexibility index (Phi) is 6.46. The molecule has 0 bridgehead atoms. The van der Waals surface area contributed by atoms with Crippen LogP contribution in [0.25, 0.3) is 0 Å². The van der Waals surface area contributed by atoms with Crippen molar-refractivity contribution in [1.82, 2.24) is 4.90 Å². The molecule has 0 unspecified atom stereocenters. The van der Waals surface area contributed by atoms with E-state index in [4.69, 9.17) is 0 Å². The first-order valence-electron chi connectivity index (χ1n) is 4.71. The van der Waals surface area contributed by atoms with E-state index in [2.05, 4.69) is 12.7 Å². The molecule has 0 spiro atoms. The molecule has 78 valence electrons. The van der Waals surface area contributed by atoms with Gasteiger partial charge in [0.1, 0.15) is 0 Å². The highest BCUT2D eigenvalue weighted by molar-refractivity contribution is 5.47. The van der Waals surface area contributed by atoms with Gasteiger partial charge in [0.2, 0.25) is 6.41 Å². The van der Waals surface area contributed by atoms with Gasteiger partial charge in [-0.15, -0.1) is 0 Å². The van der Waals surface area contributed by atoms with Crippen LogP contribution in [0, 0.1) is 0 Å². The summed E-state index contributed by atoms with van der Waals surface area (Å²) in [6, 6.07) is 0. The normalized spacial score (nSPS) is 11.8. The van der Waals surface area contributed by atoms with Crippen molar-refractivity contribution < 1.29 is 4.79 Å². The van der Waals surface area contributed by atoms with Crippen molar-refractivity contribution in [2.24, 2.45) is 0 Å². The van der Waals surface area contributed by atoms with E-state index in [0.29, 0.717) is 6.54 Å². The lowest BCUT2D eigenvalue weighted by molar-refractivity contribution is -0.116. The zero-order chi connectivity index (χ0) is 11.0. The van der Waals surface area contributed by atoms with E-state index in [-0.39, 0.29) is 0 Å². The van der Waals surface area contributed by atoms with Gasteiger partial charge in [-0.1, -0.05) is 30.4 Å². The van der Waals surface area contributed by atoms with Crippen LogP contribution in [0.5, 0.6) is 0 Å². The zero-order valence-corrected chi connectivity index (χ0v) is 9.29. The Hall–Kier alpha value is -1.31. The lowest BCUT2D eigenvalue weighted by atomic mass is 10.1. The molecule has 0 fully saturated rings. The quantitative estimate of drug-likeness (QED) is 0.360. The number of nitrogens with zero attached hydrogens (tertiary/aromatic N) is 1. The Labute approximate surface area is 86.6 Å². The fourth-order valence-electron chi connectivity index (χ4n) is 0.977. The summed E-state index contributed by atoms with van der Waals surface area (Å²) in [5, 5.41) is 0. The van der Waals surface area contributed by atoms with Gasteiger partial charge in [0.15, 0.2) is 0 Å². The lowest BCUT2D eigenvalue weighted by Crippen LogP contribution is -2.18. The second kappa shape index (κ2) is 7.13. The van der Waals surface area contributed by atoms with Crippen LogP contribution in [-0.2, 0) is 4.79 Å². The van der Waals surface area contributed by atoms with Crippen LogP contribution in [0.15, 0.2) is 36.0 Å². The monoisotopic (exact) mass is 193 g/mol. The molecule has 0 aliphatic heterocycles. The molecule has 0 saturated carbocycles. The number of carbonyl (C=O) groups is 1. The van der Waals surface area contributed by atoms with Gasteiger partial charge in [-0.3, -0.25) is 4.79 Å². The van der Waals surface area contributed by atoms with Gasteiger partial charge in [0.25, 0.3) is 0 Å². The number of hydrogen-bond donors (Lipinski definition) is 0. The fraction of sp³-hybridized carbons (Fsp3) is 0.417. The summed E-state index contributed by atoms with van der Waals surface area (Å²) in [6.45, 7) is 8.45. The van der Waals surface area contributed by atoms with Gasteiger partial charge >= 0.3 is 0 Å². The second-order valence-corrected chi connectivity index (χ2v) is 3.45. The number of allylic oxidation sites excluding steroid dienone is 3. The van der Waals surface area contributed by atoms with Crippen molar-refractivity contribution in [2.45, 2.75) is 20.3 Å². The molecule has 2 heteroatoms. The summed E-state index contributed by atoms with van der Waals surface area (Å²) < 4.78 is 0. The summed E-state index contributed by atoms with van der Waals surface area (Å²) in [7, 11) is 1.77. The number of carbonyl (C=O) groups excluding carboxylic acids is 1. The van der Waals surface area contributed by atoms with Crippen LogP contribution < -0.4 is 0 Å². The zero-order valence-electron chi connectivity index (χ0n) is 9.29. The Morgan fingerprint density at radius 3 is 2.57 bits per heavy atom. The van der Waals surface area contributed by atoms with Crippen molar-refractivity contribution in [1.29, 1.82) is 0 Å². The maximum Gasteiger partial charge on any atom is 0.209 e. The minimum atomic E-state index is 0.659.